The van der Waals surface area contributed by atoms with Crippen LogP contribution in [0.2, 0.25) is 0 Å². The average Bonchev–Trinajstić information content (AvgIpc) is 2.22. The van der Waals surface area contributed by atoms with Crippen molar-refractivity contribution in [3.63, 3.8) is 0 Å². The molecule has 4 N–H and O–H groups in total. The first kappa shape index (κ1) is 13.1. The highest BCUT2D eigenvalue weighted by molar-refractivity contribution is 7.54. The fourth-order valence-electron chi connectivity index (χ4n) is 0.721. The van der Waals surface area contributed by atoms with E-state index in [1.165, 1.54) is 14.2 Å². The van der Waals surface area contributed by atoms with E-state index in [-0.39, 0.29) is 0 Å². The Hall–Kier alpha value is -0.870. The van der Waals surface area contributed by atoms with E-state index in [1.807, 2.05) is 6.07 Å². The summed E-state index contributed by atoms with van der Waals surface area (Å²) in [6.07, 6.45) is 0. The average molecular weight is 218 g/mol. The molecule has 0 heterocycles. The van der Waals surface area contributed by atoms with Crippen LogP contribution in [0.15, 0.2) is 30.3 Å². The second-order valence-corrected chi connectivity index (χ2v) is 3.81. The fraction of sp³-hybridized carbons (Fsp3) is 0.250. The Balaban J connectivity index is 0.000000791. The highest BCUT2D eigenvalue weighted by atomic mass is 31.2. The van der Waals surface area contributed by atoms with E-state index >= 15 is 0 Å². The zero-order valence-electron chi connectivity index (χ0n) is 8.18. The highest BCUT2D eigenvalue weighted by Gasteiger charge is 2.15. The molecule has 0 aromatic heterocycles. The van der Waals surface area contributed by atoms with Gasteiger partial charge >= 0.3 is 7.75 Å². The molecular weight excluding hydrogens is 203 g/mol. The van der Waals surface area contributed by atoms with E-state index in [0.717, 1.165) is 0 Å². The molecule has 0 radical (unpaired) electrons. The van der Waals surface area contributed by atoms with Crippen LogP contribution in [0.1, 0.15) is 0 Å². The van der Waals surface area contributed by atoms with Crippen LogP contribution in [0.5, 0.6) is 0 Å². The summed E-state index contributed by atoms with van der Waals surface area (Å²) in [4.78, 5) is 9.00. The topological polar surface area (TPSA) is 84.6 Å². The SMILES string of the molecule is CN.COP(=O)(O)Nc1ccccc1. The second-order valence-electron chi connectivity index (χ2n) is 2.18. The molecule has 1 rings (SSSR count). The summed E-state index contributed by atoms with van der Waals surface area (Å²) in [6, 6.07) is 8.71. The molecule has 80 valence electrons. The maximum Gasteiger partial charge on any atom is 0.429 e. The minimum Gasteiger partial charge on any atom is -0.333 e. The predicted molar refractivity (Wildman–Crippen MR) is 57.0 cm³/mol. The Kier molecular flexibility index (Phi) is 6.16. The molecule has 0 saturated heterocycles. The second kappa shape index (κ2) is 6.56. The van der Waals surface area contributed by atoms with Crippen molar-refractivity contribution in [2.75, 3.05) is 19.2 Å². The molecule has 0 bridgehead atoms. The first-order valence-electron chi connectivity index (χ1n) is 3.94. The molecule has 0 fully saturated rings. The third-order valence-electron chi connectivity index (χ3n) is 1.29. The number of rotatable bonds is 3. The Morgan fingerprint density at radius 2 is 1.86 bits per heavy atom. The molecular formula is C8H15N2O3P. The van der Waals surface area contributed by atoms with Gasteiger partial charge in [0.15, 0.2) is 0 Å². The fourth-order valence-corrected chi connectivity index (χ4v) is 1.29. The molecule has 6 heteroatoms. The van der Waals surface area contributed by atoms with Crippen LogP contribution in [0, 0.1) is 0 Å². The summed E-state index contributed by atoms with van der Waals surface area (Å²) in [5, 5.41) is 2.36. The van der Waals surface area contributed by atoms with Gasteiger partial charge in [-0.1, -0.05) is 18.2 Å². The zero-order valence-corrected chi connectivity index (χ0v) is 9.07. The van der Waals surface area contributed by atoms with Gasteiger partial charge < -0.3 is 10.6 Å². The Bertz CT molecular complexity index is 292. The molecule has 14 heavy (non-hydrogen) atoms. The van der Waals surface area contributed by atoms with Gasteiger partial charge in [-0.25, -0.2) is 4.57 Å². The van der Waals surface area contributed by atoms with Gasteiger partial charge in [-0.05, 0) is 19.2 Å². The standard InChI is InChI=1S/C7H10NO3P.CH5N/c1-11-12(9,10)8-7-5-3-2-4-6-7;1-2/h2-6H,1H3,(H2,8,9,10);2H2,1H3. The summed E-state index contributed by atoms with van der Waals surface area (Å²) in [6.45, 7) is 0. The van der Waals surface area contributed by atoms with Crippen LogP contribution in [0.25, 0.3) is 0 Å². The quantitative estimate of drug-likeness (QED) is 0.668. The zero-order chi connectivity index (χ0) is 11.0. The lowest BCUT2D eigenvalue weighted by molar-refractivity contribution is 0.322. The van der Waals surface area contributed by atoms with E-state index in [0.29, 0.717) is 5.69 Å². The number of hydrogen-bond donors (Lipinski definition) is 3. The van der Waals surface area contributed by atoms with Crippen molar-refractivity contribution in [3.8, 4) is 0 Å². The smallest absolute Gasteiger partial charge is 0.333 e. The number of hydrogen-bond acceptors (Lipinski definition) is 3. The Labute approximate surface area is 83.5 Å². The lowest BCUT2D eigenvalue weighted by atomic mass is 10.3. The van der Waals surface area contributed by atoms with Crippen LogP contribution in [0.3, 0.4) is 0 Å². The first-order chi connectivity index (χ1) is 6.64. The van der Waals surface area contributed by atoms with E-state index in [4.69, 9.17) is 4.89 Å². The maximum atomic E-state index is 11.0. The van der Waals surface area contributed by atoms with Gasteiger partial charge in [-0.2, -0.15) is 0 Å². The molecule has 0 amide bonds. The molecule has 1 atom stereocenters. The van der Waals surface area contributed by atoms with Crippen molar-refractivity contribution in [1.82, 2.24) is 0 Å². The molecule has 1 unspecified atom stereocenters. The largest absolute Gasteiger partial charge is 0.429 e. The van der Waals surface area contributed by atoms with Gasteiger partial charge in [0.25, 0.3) is 0 Å². The van der Waals surface area contributed by atoms with Crippen molar-refractivity contribution < 1.29 is 14.0 Å². The molecule has 0 aliphatic heterocycles. The van der Waals surface area contributed by atoms with Gasteiger partial charge in [0, 0.05) is 12.8 Å². The molecule has 1 aromatic rings. The van der Waals surface area contributed by atoms with Gasteiger partial charge in [0.1, 0.15) is 0 Å². The molecule has 0 saturated carbocycles. The Morgan fingerprint density at radius 3 is 2.29 bits per heavy atom. The van der Waals surface area contributed by atoms with Crippen LogP contribution in [-0.2, 0) is 9.09 Å². The van der Waals surface area contributed by atoms with Crippen molar-refractivity contribution in [3.05, 3.63) is 30.3 Å². The molecule has 0 spiro atoms. The third kappa shape index (κ3) is 4.99. The molecule has 1 aromatic carbocycles. The number of benzene rings is 1. The van der Waals surface area contributed by atoms with Gasteiger partial charge in [0.2, 0.25) is 0 Å². The van der Waals surface area contributed by atoms with E-state index in [2.05, 4.69) is 15.3 Å². The predicted octanol–water partition coefficient (Wildman–Crippen LogP) is 1.42. The van der Waals surface area contributed by atoms with Crippen LogP contribution in [-0.4, -0.2) is 19.1 Å². The van der Waals surface area contributed by atoms with Crippen LogP contribution < -0.4 is 10.8 Å². The summed E-state index contributed by atoms with van der Waals surface area (Å²) >= 11 is 0. The minimum absolute atomic E-state index is 0.560. The van der Waals surface area contributed by atoms with Crippen LogP contribution >= 0.6 is 7.75 Å². The number of anilines is 1. The summed E-state index contributed by atoms with van der Waals surface area (Å²) in [5.74, 6) is 0. The van der Waals surface area contributed by atoms with Crippen molar-refractivity contribution in [2.24, 2.45) is 5.73 Å². The molecule has 5 nitrogen and oxygen atoms in total. The minimum atomic E-state index is -3.65. The summed E-state index contributed by atoms with van der Waals surface area (Å²) in [7, 11) is -0.968. The van der Waals surface area contributed by atoms with Crippen molar-refractivity contribution >= 4 is 13.4 Å². The van der Waals surface area contributed by atoms with Gasteiger partial charge in [-0.3, -0.25) is 9.61 Å². The van der Waals surface area contributed by atoms with E-state index in [9.17, 15) is 4.57 Å². The number of nitrogens with two attached hydrogens (primary N) is 1. The molecule has 0 aliphatic rings. The van der Waals surface area contributed by atoms with Gasteiger partial charge in [-0.15, -0.1) is 0 Å². The van der Waals surface area contributed by atoms with Crippen molar-refractivity contribution in [1.29, 1.82) is 0 Å². The lowest BCUT2D eigenvalue weighted by Gasteiger charge is -2.10. The monoisotopic (exact) mass is 218 g/mol. The first-order valence-corrected chi connectivity index (χ1v) is 5.51. The van der Waals surface area contributed by atoms with E-state index < -0.39 is 7.75 Å². The highest BCUT2D eigenvalue weighted by Crippen LogP contribution is 2.40. The normalized spacial score (nSPS) is 13.4. The van der Waals surface area contributed by atoms with Gasteiger partial charge in [0.05, 0.1) is 0 Å². The van der Waals surface area contributed by atoms with E-state index in [1.54, 1.807) is 24.3 Å². The third-order valence-corrected chi connectivity index (χ3v) is 2.33. The van der Waals surface area contributed by atoms with Crippen LogP contribution in [0.4, 0.5) is 5.69 Å². The number of nitrogens with one attached hydrogen (secondary N) is 1. The maximum absolute atomic E-state index is 11.0. The lowest BCUT2D eigenvalue weighted by Crippen LogP contribution is -1.96. The summed E-state index contributed by atoms with van der Waals surface area (Å²) < 4.78 is 15.3. The van der Waals surface area contributed by atoms with Crippen molar-refractivity contribution in [2.45, 2.75) is 0 Å². The summed E-state index contributed by atoms with van der Waals surface area (Å²) in [5.41, 5.74) is 5.06. The number of para-hydroxylation sites is 1. The Morgan fingerprint density at radius 1 is 1.36 bits per heavy atom. The molecule has 0 aliphatic carbocycles.